The second kappa shape index (κ2) is 7.45. The first kappa shape index (κ1) is 14.2. The van der Waals surface area contributed by atoms with Crippen molar-refractivity contribution in [3.8, 4) is 0 Å². The van der Waals surface area contributed by atoms with Crippen molar-refractivity contribution in [2.24, 2.45) is 11.7 Å². The molecule has 96 valence electrons. The van der Waals surface area contributed by atoms with Gasteiger partial charge in [0.05, 0.1) is 0 Å². The van der Waals surface area contributed by atoms with Gasteiger partial charge < -0.3 is 11.1 Å². The fraction of sp³-hybridized carbons (Fsp3) is 0.615. The first-order chi connectivity index (χ1) is 8.11. The summed E-state index contributed by atoms with van der Waals surface area (Å²) in [5, 5.41) is 4.82. The van der Waals surface area contributed by atoms with E-state index in [2.05, 4.69) is 19.2 Å². The predicted octanol–water partition coefficient (Wildman–Crippen LogP) is 2.69. The Hall–Kier alpha value is -0.870. The number of nitrogens with one attached hydrogen (secondary N) is 1. The van der Waals surface area contributed by atoms with Gasteiger partial charge >= 0.3 is 0 Å². The molecule has 1 aromatic heterocycles. The maximum atomic E-state index is 11.7. The number of thiophene rings is 1. The zero-order valence-electron chi connectivity index (χ0n) is 10.6. The monoisotopic (exact) mass is 254 g/mol. The van der Waals surface area contributed by atoms with Crippen LogP contribution in [0.25, 0.3) is 0 Å². The molecule has 0 aliphatic carbocycles. The molecule has 0 aliphatic rings. The van der Waals surface area contributed by atoms with E-state index in [4.69, 9.17) is 5.73 Å². The van der Waals surface area contributed by atoms with Crippen LogP contribution in [-0.2, 0) is 4.79 Å². The molecule has 1 amide bonds. The van der Waals surface area contributed by atoms with Gasteiger partial charge in [-0.2, -0.15) is 0 Å². The lowest BCUT2D eigenvalue weighted by atomic mass is 10.1. The number of carbonyl (C=O) groups is 1. The molecule has 1 heterocycles. The Morgan fingerprint density at radius 3 is 2.82 bits per heavy atom. The Morgan fingerprint density at radius 2 is 2.24 bits per heavy atom. The molecule has 0 spiro atoms. The molecule has 3 nitrogen and oxygen atoms in total. The molecule has 1 rings (SSSR count). The predicted molar refractivity (Wildman–Crippen MR) is 72.9 cm³/mol. The third-order valence-electron chi connectivity index (χ3n) is 2.64. The van der Waals surface area contributed by atoms with Gasteiger partial charge in [0.25, 0.3) is 0 Å². The highest BCUT2D eigenvalue weighted by molar-refractivity contribution is 7.10. The Labute approximate surface area is 107 Å². The second-order valence-corrected chi connectivity index (χ2v) is 5.65. The zero-order chi connectivity index (χ0) is 12.7. The van der Waals surface area contributed by atoms with Crippen LogP contribution in [-0.4, -0.2) is 12.5 Å². The van der Waals surface area contributed by atoms with Crippen molar-refractivity contribution in [3.05, 3.63) is 22.4 Å². The van der Waals surface area contributed by atoms with Crippen LogP contribution in [0.5, 0.6) is 0 Å². The van der Waals surface area contributed by atoms with E-state index >= 15 is 0 Å². The van der Waals surface area contributed by atoms with Gasteiger partial charge in [-0.15, -0.1) is 11.3 Å². The van der Waals surface area contributed by atoms with Crippen molar-refractivity contribution in [2.75, 3.05) is 6.54 Å². The van der Waals surface area contributed by atoms with Crippen molar-refractivity contribution in [3.63, 3.8) is 0 Å². The van der Waals surface area contributed by atoms with Crippen molar-refractivity contribution >= 4 is 17.2 Å². The number of carbonyl (C=O) groups excluding carboxylic acids is 1. The minimum absolute atomic E-state index is 0.0722. The van der Waals surface area contributed by atoms with Crippen LogP contribution >= 0.6 is 11.3 Å². The molecule has 0 saturated heterocycles. The van der Waals surface area contributed by atoms with E-state index in [-0.39, 0.29) is 5.91 Å². The summed E-state index contributed by atoms with van der Waals surface area (Å²) in [5.74, 6) is 0.663. The first-order valence-electron chi connectivity index (χ1n) is 6.18. The van der Waals surface area contributed by atoms with Gasteiger partial charge in [-0.25, -0.2) is 0 Å². The van der Waals surface area contributed by atoms with E-state index in [9.17, 15) is 4.79 Å². The smallest absolute Gasteiger partial charge is 0.242 e. The summed E-state index contributed by atoms with van der Waals surface area (Å²) >= 11 is 1.52. The number of hydrogen-bond acceptors (Lipinski definition) is 3. The van der Waals surface area contributed by atoms with Gasteiger partial charge in [0.15, 0.2) is 0 Å². The summed E-state index contributed by atoms with van der Waals surface area (Å²) in [6.07, 6.45) is 3.40. The summed E-state index contributed by atoms with van der Waals surface area (Å²) in [6.45, 7) is 5.15. The van der Waals surface area contributed by atoms with Crippen molar-refractivity contribution < 1.29 is 4.79 Å². The fourth-order valence-corrected chi connectivity index (χ4v) is 2.32. The number of nitrogens with two attached hydrogens (primary N) is 1. The number of rotatable bonds is 7. The molecule has 0 aromatic carbocycles. The van der Waals surface area contributed by atoms with Crippen LogP contribution in [0.15, 0.2) is 17.5 Å². The average molecular weight is 254 g/mol. The van der Waals surface area contributed by atoms with Crippen LogP contribution in [0.3, 0.4) is 0 Å². The van der Waals surface area contributed by atoms with Gasteiger partial charge in [0, 0.05) is 11.4 Å². The molecule has 1 atom stereocenters. The Morgan fingerprint density at radius 1 is 1.47 bits per heavy atom. The van der Waals surface area contributed by atoms with Gasteiger partial charge in [0.1, 0.15) is 6.04 Å². The molecule has 17 heavy (non-hydrogen) atoms. The lowest BCUT2D eigenvalue weighted by Gasteiger charge is -2.10. The Kier molecular flexibility index (Phi) is 6.22. The van der Waals surface area contributed by atoms with Crippen molar-refractivity contribution in [2.45, 2.75) is 39.2 Å². The maximum absolute atomic E-state index is 11.7. The molecular formula is C13H22N2OS. The quantitative estimate of drug-likeness (QED) is 0.735. The van der Waals surface area contributed by atoms with Crippen molar-refractivity contribution in [1.29, 1.82) is 0 Å². The van der Waals surface area contributed by atoms with Crippen LogP contribution < -0.4 is 11.1 Å². The van der Waals surface area contributed by atoms with E-state index in [1.165, 1.54) is 17.8 Å². The fourth-order valence-electron chi connectivity index (χ4n) is 1.60. The van der Waals surface area contributed by atoms with Crippen LogP contribution in [0.4, 0.5) is 0 Å². The molecule has 0 fully saturated rings. The minimum atomic E-state index is -0.514. The molecule has 4 heteroatoms. The molecule has 3 N–H and O–H groups in total. The number of hydrogen-bond donors (Lipinski definition) is 2. The molecule has 1 aromatic rings. The lowest BCUT2D eigenvalue weighted by molar-refractivity contribution is -0.122. The lowest BCUT2D eigenvalue weighted by Crippen LogP contribution is -2.34. The molecule has 1 unspecified atom stereocenters. The third kappa shape index (κ3) is 5.33. The van der Waals surface area contributed by atoms with E-state index in [1.807, 2.05) is 17.5 Å². The first-order valence-corrected chi connectivity index (χ1v) is 7.06. The molecule has 0 saturated carbocycles. The maximum Gasteiger partial charge on any atom is 0.242 e. The summed E-state index contributed by atoms with van der Waals surface area (Å²) < 4.78 is 0. The molecule has 0 bridgehead atoms. The standard InChI is InChI=1S/C13H22N2OS/c1-10(2)6-3-4-8-15-13(16)12(14)11-7-5-9-17-11/h5,7,9-10,12H,3-4,6,8,14H2,1-2H3,(H,15,16). The SMILES string of the molecule is CC(C)CCCCNC(=O)C(N)c1cccs1. The van der Waals surface area contributed by atoms with Gasteiger partial charge in [0.2, 0.25) is 5.91 Å². The summed E-state index contributed by atoms with van der Waals surface area (Å²) in [4.78, 5) is 12.6. The molecular weight excluding hydrogens is 232 g/mol. The zero-order valence-corrected chi connectivity index (χ0v) is 11.4. The van der Waals surface area contributed by atoms with Crippen molar-refractivity contribution in [1.82, 2.24) is 5.32 Å². The van der Waals surface area contributed by atoms with Crippen LogP contribution in [0, 0.1) is 5.92 Å². The van der Waals surface area contributed by atoms with Crippen LogP contribution in [0.2, 0.25) is 0 Å². The number of amides is 1. The van der Waals surface area contributed by atoms with Crippen LogP contribution in [0.1, 0.15) is 44.0 Å². The molecule has 0 aliphatic heterocycles. The highest BCUT2D eigenvalue weighted by Crippen LogP contribution is 2.16. The topological polar surface area (TPSA) is 55.1 Å². The van der Waals surface area contributed by atoms with E-state index < -0.39 is 6.04 Å². The second-order valence-electron chi connectivity index (χ2n) is 4.67. The highest BCUT2D eigenvalue weighted by Gasteiger charge is 2.15. The van der Waals surface area contributed by atoms with E-state index in [1.54, 1.807) is 0 Å². The largest absolute Gasteiger partial charge is 0.354 e. The Balaban J connectivity index is 2.17. The van der Waals surface area contributed by atoms with Gasteiger partial charge in [-0.3, -0.25) is 4.79 Å². The normalized spacial score (nSPS) is 12.7. The average Bonchev–Trinajstić information content (AvgIpc) is 2.80. The summed E-state index contributed by atoms with van der Waals surface area (Å²) in [5.41, 5.74) is 5.84. The summed E-state index contributed by atoms with van der Waals surface area (Å²) in [7, 11) is 0. The van der Waals surface area contributed by atoms with E-state index in [0.29, 0.717) is 0 Å². The Bertz CT molecular complexity index is 322. The summed E-state index contributed by atoms with van der Waals surface area (Å²) in [6, 6.07) is 3.30. The molecule has 0 radical (unpaired) electrons. The third-order valence-corrected chi connectivity index (χ3v) is 3.60. The van der Waals surface area contributed by atoms with Gasteiger partial charge in [-0.05, 0) is 23.8 Å². The van der Waals surface area contributed by atoms with E-state index in [0.717, 1.165) is 30.2 Å². The minimum Gasteiger partial charge on any atom is -0.354 e. The van der Waals surface area contributed by atoms with Gasteiger partial charge in [-0.1, -0.05) is 32.8 Å². The highest BCUT2D eigenvalue weighted by atomic mass is 32.1. The number of unbranched alkanes of at least 4 members (excludes halogenated alkanes) is 1.